The van der Waals surface area contributed by atoms with Gasteiger partial charge in [0.05, 0.1) is 18.7 Å². The molecule has 0 unspecified atom stereocenters. The molecule has 0 N–H and O–H groups in total. The maximum atomic E-state index is 5.69. The van der Waals surface area contributed by atoms with E-state index in [0.717, 1.165) is 29.7 Å². The van der Waals surface area contributed by atoms with E-state index in [2.05, 4.69) is 25.0 Å². The van der Waals surface area contributed by atoms with Gasteiger partial charge in [0.15, 0.2) is 0 Å². The van der Waals surface area contributed by atoms with Crippen LogP contribution in [0.2, 0.25) is 0 Å². The minimum atomic E-state index is 0.598. The smallest absolute Gasteiger partial charge is 0.128 e. The number of benzene rings is 1. The Morgan fingerprint density at radius 2 is 2.25 bits per heavy atom. The topological polar surface area (TPSA) is 14.2 Å². The lowest BCUT2D eigenvalue weighted by atomic mass is 10.2. The molecule has 1 aromatic carbocycles. The number of nitrogens with zero attached hydrogens (tertiary/aromatic N) is 1. The van der Waals surface area contributed by atoms with Gasteiger partial charge in [0.25, 0.3) is 0 Å². The van der Waals surface area contributed by atoms with E-state index in [4.69, 9.17) is 11.2 Å². The predicted molar refractivity (Wildman–Crippen MR) is 66.6 cm³/mol. The molecule has 0 radical (unpaired) electrons. The molecule has 2 nitrogen and oxygen atoms in total. The molecule has 0 saturated carbocycles. The van der Waals surface area contributed by atoms with Gasteiger partial charge < -0.3 is 9.30 Å². The molecular weight excluding hydrogens is 198 g/mol. The predicted octanol–water partition coefficient (Wildman–Crippen LogP) is 3.06. The van der Waals surface area contributed by atoms with Gasteiger partial charge in [-0.15, -0.1) is 6.42 Å². The Morgan fingerprint density at radius 1 is 1.38 bits per heavy atom. The Labute approximate surface area is 95.8 Å². The van der Waals surface area contributed by atoms with E-state index in [1.807, 2.05) is 22.9 Å². The van der Waals surface area contributed by atoms with Crippen molar-refractivity contribution in [3.63, 3.8) is 0 Å². The first-order valence-electron chi connectivity index (χ1n) is 5.51. The molecule has 0 aliphatic carbocycles. The highest BCUT2D eigenvalue weighted by Crippen LogP contribution is 2.26. The zero-order chi connectivity index (χ0) is 11.4. The van der Waals surface area contributed by atoms with Crippen LogP contribution in [-0.4, -0.2) is 11.2 Å². The van der Waals surface area contributed by atoms with Gasteiger partial charge in [-0.1, -0.05) is 18.9 Å². The Kier molecular flexibility index (Phi) is 3.16. The van der Waals surface area contributed by atoms with Crippen LogP contribution in [0.15, 0.2) is 30.5 Å². The Bertz CT molecular complexity index is 519. The maximum Gasteiger partial charge on any atom is 0.128 e. The molecule has 0 spiro atoms. The zero-order valence-corrected chi connectivity index (χ0v) is 9.44. The molecule has 1 heterocycles. The number of rotatable bonds is 4. The molecule has 0 aliphatic heterocycles. The van der Waals surface area contributed by atoms with Gasteiger partial charge in [0.2, 0.25) is 0 Å². The fraction of sp³-hybridized carbons (Fsp3) is 0.286. The summed E-state index contributed by atoms with van der Waals surface area (Å²) in [7, 11) is 0. The molecule has 0 saturated heterocycles. The van der Waals surface area contributed by atoms with E-state index in [1.54, 1.807) is 0 Å². The molecule has 2 aromatic rings. The minimum Gasteiger partial charge on any atom is -0.493 e. The van der Waals surface area contributed by atoms with Gasteiger partial charge in [-0.2, -0.15) is 0 Å². The quantitative estimate of drug-likeness (QED) is 0.712. The fourth-order valence-electron chi connectivity index (χ4n) is 1.77. The van der Waals surface area contributed by atoms with E-state index < -0.39 is 0 Å². The van der Waals surface area contributed by atoms with Gasteiger partial charge >= 0.3 is 0 Å². The van der Waals surface area contributed by atoms with Crippen LogP contribution >= 0.6 is 0 Å². The molecule has 1 aromatic heterocycles. The third-order valence-electron chi connectivity index (χ3n) is 2.50. The van der Waals surface area contributed by atoms with Crippen LogP contribution < -0.4 is 4.74 Å². The normalized spacial score (nSPS) is 10.2. The molecule has 0 bridgehead atoms. The minimum absolute atomic E-state index is 0.598. The van der Waals surface area contributed by atoms with Gasteiger partial charge in [-0.25, -0.2) is 0 Å². The third-order valence-corrected chi connectivity index (χ3v) is 2.50. The molecule has 0 aliphatic rings. The zero-order valence-electron chi connectivity index (χ0n) is 9.44. The number of hydrogen-bond donors (Lipinski definition) is 0. The Hall–Kier alpha value is -1.88. The van der Waals surface area contributed by atoms with Crippen LogP contribution in [0, 0.1) is 12.3 Å². The summed E-state index contributed by atoms with van der Waals surface area (Å²) in [6, 6.07) is 8.11. The second-order valence-electron chi connectivity index (χ2n) is 3.69. The summed E-state index contributed by atoms with van der Waals surface area (Å²) in [5, 5.41) is 1.13. The van der Waals surface area contributed by atoms with Gasteiger partial charge in [-0.05, 0) is 24.6 Å². The van der Waals surface area contributed by atoms with Crippen LogP contribution in [0.5, 0.6) is 5.75 Å². The summed E-state index contributed by atoms with van der Waals surface area (Å²) >= 11 is 0. The van der Waals surface area contributed by atoms with Crippen molar-refractivity contribution in [3.8, 4) is 18.1 Å². The van der Waals surface area contributed by atoms with E-state index in [0.29, 0.717) is 6.54 Å². The molecular formula is C14H15NO. The van der Waals surface area contributed by atoms with Gasteiger partial charge in [-0.3, -0.25) is 0 Å². The van der Waals surface area contributed by atoms with Gasteiger partial charge in [0.1, 0.15) is 5.75 Å². The average Bonchev–Trinajstić information content (AvgIpc) is 2.71. The second kappa shape index (κ2) is 4.76. The van der Waals surface area contributed by atoms with Crippen LogP contribution in [0.1, 0.15) is 13.3 Å². The third kappa shape index (κ3) is 1.90. The number of terminal acetylenes is 1. The highest BCUT2D eigenvalue weighted by molar-refractivity contribution is 5.86. The number of ether oxygens (including phenoxy) is 1. The highest BCUT2D eigenvalue weighted by atomic mass is 16.5. The van der Waals surface area contributed by atoms with Gasteiger partial charge in [0, 0.05) is 11.6 Å². The number of aromatic nitrogens is 1. The van der Waals surface area contributed by atoms with Crippen molar-refractivity contribution in [3.05, 3.63) is 30.5 Å². The standard InChI is InChI=1S/C14H15NO/c1-3-9-15-10-8-12-13(15)6-5-7-14(12)16-11-4-2/h1,5-8,10H,4,9,11H2,2H3. The van der Waals surface area contributed by atoms with Crippen LogP contribution in [-0.2, 0) is 6.54 Å². The second-order valence-corrected chi connectivity index (χ2v) is 3.69. The number of hydrogen-bond acceptors (Lipinski definition) is 1. The first kappa shape index (κ1) is 10.6. The van der Waals surface area contributed by atoms with Crippen molar-refractivity contribution in [1.82, 2.24) is 4.57 Å². The van der Waals surface area contributed by atoms with E-state index in [1.165, 1.54) is 0 Å². The molecule has 82 valence electrons. The first-order chi connectivity index (χ1) is 7.86. The SMILES string of the molecule is C#CCn1ccc2c(OCCC)cccc21. The van der Waals surface area contributed by atoms with E-state index >= 15 is 0 Å². The lowest BCUT2D eigenvalue weighted by Gasteiger charge is -2.06. The molecule has 0 atom stereocenters. The molecule has 2 rings (SSSR count). The van der Waals surface area contributed by atoms with E-state index in [-0.39, 0.29) is 0 Å². The molecule has 16 heavy (non-hydrogen) atoms. The summed E-state index contributed by atoms with van der Waals surface area (Å²) in [5.74, 6) is 3.59. The summed E-state index contributed by atoms with van der Waals surface area (Å²) in [6.07, 6.45) is 8.35. The summed E-state index contributed by atoms with van der Waals surface area (Å²) in [4.78, 5) is 0. The molecule has 2 heteroatoms. The van der Waals surface area contributed by atoms with Crippen LogP contribution in [0.4, 0.5) is 0 Å². The van der Waals surface area contributed by atoms with Crippen molar-refractivity contribution in [2.75, 3.05) is 6.61 Å². The molecule has 0 amide bonds. The maximum absolute atomic E-state index is 5.69. The first-order valence-corrected chi connectivity index (χ1v) is 5.51. The van der Waals surface area contributed by atoms with Crippen molar-refractivity contribution in [2.24, 2.45) is 0 Å². The fourth-order valence-corrected chi connectivity index (χ4v) is 1.77. The summed E-state index contributed by atoms with van der Waals surface area (Å²) < 4.78 is 7.74. The van der Waals surface area contributed by atoms with Crippen molar-refractivity contribution < 1.29 is 4.74 Å². The lowest BCUT2D eigenvalue weighted by Crippen LogP contribution is -1.96. The molecule has 0 fully saturated rings. The lowest BCUT2D eigenvalue weighted by molar-refractivity contribution is 0.321. The highest BCUT2D eigenvalue weighted by Gasteiger charge is 2.05. The largest absolute Gasteiger partial charge is 0.493 e. The van der Waals surface area contributed by atoms with Crippen LogP contribution in [0.3, 0.4) is 0 Å². The van der Waals surface area contributed by atoms with Crippen molar-refractivity contribution in [2.45, 2.75) is 19.9 Å². The van der Waals surface area contributed by atoms with Crippen LogP contribution in [0.25, 0.3) is 10.9 Å². The Balaban J connectivity index is 2.41. The monoisotopic (exact) mass is 213 g/mol. The van der Waals surface area contributed by atoms with Crippen molar-refractivity contribution >= 4 is 10.9 Å². The van der Waals surface area contributed by atoms with E-state index in [9.17, 15) is 0 Å². The Morgan fingerprint density at radius 3 is 3.00 bits per heavy atom. The summed E-state index contributed by atoms with van der Waals surface area (Å²) in [6.45, 7) is 3.45. The summed E-state index contributed by atoms with van der Waals surface area (Å²) in [5.41, 5.74) is 1.13. The number of fused-ring (bicyclic) bond motifs is 1. The van der Waals surface area contributed by atoms with Crippen molar-refractivity contribution in [1.29, 1.82) is 0 Å². The average molecular weight is 213 g/mol.